The van der Waals surface area contributed by atoms with Crippen molar-refractivity contribution in [3.8, 4) is 0 Å². The third-order valence-electron chi connectivity index (χ3n) is 3.63. The van der Waals surface area contributed by atoms with Crippen LogP contribution in [0.3, 0.4) is 0 Å². The van der Waals surface area contributed by atoms with Crippen LogP contribution >= 0.6 is 15.9 Å². The summed E-state index contributed by atoms with van der Waals surface area (Å²) in [6.45, 7) is 4.06. The van der Waals surface area contributed by atoms with Crippen LogP contribution in [0.4, 0.5) is 10.5 Å². The van der Waals surface area contributed by atoms with Crippen LogP contribution in [-0.4, -0.2) is 12.1 Å². The summed E-state index contributed by atoms with van der Waals surface area (Å²) < 4.78 is 1.10. The highest BCUT2D eigenvalue weighted by molar-refractivity contribution is 9.10. The molecule has 0 saturated heterocycles. The molecule has 0 aliphatic heterocycles. The van der Waals surface area contributed by atoms with Crippen molar-refractivity contribution < 1.29 is 4.79 Å². The summed E-state index contributed by atoms with van der Waals surface area (Å²) in [4.78, 5) is 12.0. The molecule has 2 amide bonds. The lowest BCUT2D eigenvalue weighted by Crippen LogP contribution is -2.39. The number of amides is 2. The summed E-state index contributed by atoms with van der Waals surface area (Å²) >= 11 is 3.53. The highest BCUT2D eigenvalue weighted by Crippen LogP contribution is 2.25. The van der Waals surface area contributed by atoms with Gasteiger partial charge in [-0.15, -0.1) is 0 Å². The number of carbonyl (C=O) groups is 1. The maximum absolute atomic E-state index is 12.0. The zero-order valence-corrected chi connectivity index (χ0v) is 13.1. The Morgan fingerprint density at radius 1 is 1.16 bits per heavy atom. The maximum Gasteiger partial charge on any atom is 0.319 e. The fourth-order valence-corrected chi connectivity index (χ4v) is 2.85. The number of halogens is 1. The molecule has 1 fully saturated rings. The second-order valence-electron chi connectivity index (χ2n) is 5.36. The molecule has 0 heterocycles. The van der Waals surface area contributed by atoms with E-state index >= 15 is 0 Å². The van der Waals surface area contributed by atoms with E-state index in [1.54, 1.807) is 0 Å². The first-order chi connectivity index (χ1) is 9.06. The smallest absolute Gasteiger partial charge is 0.319 e. The summed E-state index contributed by atoms with van der Waals surface area (Å²) in [5.74, 6) is 0. The highest BCUT2D eigenvalue weighted by Gasteiger charge is 2.15. The number of nitrogens with one attached hydrogen (secondary N) is 2. The molecule has 0 spiro atoms. The van der Waals surface area contributed by atoms with Crippen LogP contribution in [0.15, 0.2) is 16.6 Å². The maximum atomic E-state index is 12.0. The normalized spacial score (nSPS) is 16.2. The van der Waals surface area contributed by atoms with Gasteiger partial charge in [0.15, 0.2) is 0 Å². The van der Waals surface area contributed by atoms with Gasteiger partial charge in [-0.25, -0.2) is 4.79 Å². The van der Waals surface area contributed by atoms with Gasteiger partial charge in [0, 0.05) is 16.2 Å². The van der Waals surface area contributed by atoms with E-state index in [0.29, 0.717) is 6.04 Å². The molecule has 0 atom stereocenters. The zero-order valence-electron chi connectivity index (χ0n) is 11.6. The molecular weight excluding hydrogens is 304 g/mol. The first kappa shape index (κ1) is 14.4. The van der Waals surface area contributed by atoms with Crippen LogP contribution in [0.25, 0.3) is 0 Å². The Morgan fingerprint density at radius 2 is 1.74 bits per heavy atom. The molecule has 19 heavy (non-hydrogen) atoms. The van der Waals surface area contributed by atoms with E-state index in [2.05, 4.69) is 26.6 Å². The predicted octanol–water partition coefficient (Wildman–Crippen LogP) is 4.52. The molecule has 3 nitrogen and oxygen atoms in total. The van der Waals surface area contributed by atoms with Crippen molar-refractivity contribution in [2.75, 3.05) is 5.32 Å². The second-order valence-corrected chi connectivity index (χ2v) is 6.15. The Hall–Kier alpha value is -1.03. The Labute approximate surface area is 123 Å². The molecule has 1 aliphatic carbocycles. The molecule has 1 saturated carbocycles. The lowest BCUT2D eigenvalue weighted by atomic mass is 9.96. The number of benzene rings is 1. The standard InChI is InChI=1S/C15H21BrN2O/c1-10-8-13(9-11(2)14(10)16)18-15(19)17-12-6-4-3-5-7-12/h8-9,12H,3-7H2,1-2H3,(H2,17,18,19). The van der Waals surface area contributed by atoms with Gasteiger partial charge < -0.3 is 10.6 Å². The van der Waals surface area contributed by atoms with E-state index < -0.39 is 0 Å². The van der Waals surface area contributed by atoms with Crippen molar-refractivity contribution in [3.63, 3.8) is 0 Å². The quantitative estimate of drug-likeness (QED) is 0.825. The average molecular weight is 325 g/mol. The molecule has 0 unspecified atom stereocenters. The van der Waals surface area contributed by atoms with Crippen molar-refractivity contribution in [1.82, 2.24) is 5.32 Å². The average Bonchev–Trinajstić information content (AvgIpc) is 2.37. The Balaban J connectivity index is 1.94. The molecule has 0 aromatic heterocycles. The number of aryl methyl sites for hydroxylation is 2. The van der Waals surface area contributed by atoms with Crippen LogP contribution in [0, 0.1) is 13.8 Å². The largest absolute Gasteiger partial charge is 0.335 e. The van der Waals surface area contributed by atoms with Gasteiger partial charge in [0.1, 0.15) is 0 Å². The fraction of sp³-hybridized carbons (Fsp3) is 0.533. The molecule has 104 valence electrons. The minimum atomic E-state index is -0.0898. The number of anilines is 1. The topological polar surface area (TPSA) is 41.1 Å². The van der Waals surface area contributed by atoms with Crippen LogP contribution in [-0.2, 0) is 0 Å². The first-order valence-electron chi connectivity index (χ1n) is 6.90. The molecule has 1 aromatic rings. The molecule has 1 aromatic carbocycles. The van der Waals surface area contributed by atoms with Gasteiger partial charge in [-0.3, -0.25) is 0 Å². The third-order valence-corrected chi connectivity index (χ3v) is 4.89. The van der Waals surface area contributed by atoms with E-state index in [1.165, 1.54) is 19.3 Å². The van der Waals surface area contributed by atoms with E-state index in [-0.39, 0.29) is 6.03 Å². The van der Waals surface area contributed by atoms with Crippen molar-refractivity contribution in [3.05, 3.63) is 27.7 Å². The molecule has 0 radical (unpaired) electrons. The summed E-state index contributed by atoms with van der Waals surface area (Å²) in [6.07, 6.45) is 5.95. The van der Waals surface area contributed by atoms with Gasteiger partial charge in [0.2, 0.25) is 0 Å². The van der Waals surface area contributed by atoms with Crippen molar-refractivity contribution >= 4 is 27.6 Å². The number of hydrogen-bond acceptors (Lipinski definition) is 1. The van der Waals surface area contributed by atoms with Crippen molar-refractivity contribution in [2.24, 2.45) is 0 Å². The highest BCUT2D eigenvalue weighted by atomic mass is 79.9. The number of hydrogen-bond donors (Lipinski definition) is 2. The van der Waals surface area contributed by atoms with Crippen LogP contribution in [0.2, 0.25) is 0 Å². The van der Waals surface area contributed by atoms with Crippen LogP contribution in [0.1, 0.15) is 43.2 Å². The van der Waals surface area contributed by atoms with Gasteiger partial charge >= 0.3 is 6.03 Å². The minimum absolute atomic E-state index is 0.0898. The lowest BCUT2D eigenvalue weighted by molar-refractivity contribution is 0.244. The Bertz CT molecular complexity index is 444. The molecule has 2 N–H and O–H groups in total. The van der Waals surface area contributed by atoms with Crippen molar-refractivity contribution in [2.45, 2.75) is 52.0 Å². The fourth-order valence-electron chi connectivity index (χ4n) is 2.62. The summed E-state index contributed by atoms with van der Waals surface area (Å²) in [6, 6.07) is 4.22. The van der Waals surface area contributed by atoms with E-state index in [1.807, 2.05) is 26.0 Å². The molecule has 1 aliphatic rings. The van der Waals surface area contributed by atoms with Gasteiger partial charge in [-0.05, 0) is 49.9 Å². The summed E-state index contributed by atoms with van der Waals surface area (Å²) in [7, 11) is 0. The van der Waals surface area contributed by atoms with Gasteiger partial charge in [-0.1, -0.05) is 35.2 Å². The number of carbonyl (C=O) groups excluding carboxylic acids is 1. The Morgan fingerprint density at radius 3 is 2.32 bits per heavy atom. The van der Waals surface area contributed by atoms with E-state index in [4.69, 9.17) is 0 Å². The van der Waals surface area contributed by atoms with E-state index in [0.717, 1.165) is 34.1 Å². The summed E-state index contributed by atoms with van der Waals surface area (Å²) in [5.41, 5.74) is 3.12. The van der Waals surface area contributed by atoms with Gasteiger partial charge in [-0.2, -0.15) is 0 Å². The van der Waals surface area contributed by atoms with Crippen LogP contribution < -0.4 is 10.6 Å². The van der Waals surface area contributed by atoms with Crippen molar-refractivity contribution in [1.29, 1.82) is 0 Å². The zero-order chi connectivity index (χ0) is 13.8. The first-order valence-corrected chi connectivity index (χ1v) is 7.70. The predicted molar refractivity (Wildman–Crippen MR) is 82.6 cm³/mol. The SMILES string of the molecule is Cc1cc(NC(=O)NC2CCCCC2)cc(C)c1Br. The lowest BCUT2D eigenvalue weighted by Gasteiger charge is -2.23. The molecule has 2 rings (SSSR count). The molecular formula is C15H21BrN2O. The molecule has 0 bridgehead atoms. The molecule has 4 heteroatoms. The monoisotopic (exact) mass is 324 g/mol. The second kappa shape index (κ2) is 6.42. The van der Waals surface area contributed by atoms with Gasteiger partial charge in [0.25, 0.3) is 0 Å². The number of rotatable bonds is 2. The van der Waals surface area contributed by atoms with E-state index in [9.17, 15) is 4.79 Å². The minimum Gasteiger partial charge on any atom is -0.335 e. The van der Waals surface area contributed by atoms with Gasteiger partial charge in [0.05, 0.1) is 0 Å². The van der Waals surface area contributed by atoms with Crippen LogP contribution in [0.5, 0.6) is 0 Å². The number of urea groups is 1. The Kier molecular flexibility index (Phi) is 4.86. The summed E-state index contributed by atoms with van der Waals surface area (Å²) in [5, 5.41) is 5.99. The third kappa shape index (κ3) is 3.96.